The summed E-state index contributed by atoms with van der Waals surface area (Å²) in [5.41, 5.74) is 2.48. The molecule has 1 aliphatic heterocycles. The highest BCUT2D eigenvalue weighted by atomic mass is 16.2. The van der Waals surface area contributed by atoms with Crippen LogP contribution < -0.4 is 5.32 Å². The lowest BCUT2D eigenvalue weighted by molar-refractivity contribution is -0.136. The molecule has 2 atom stereocenters. The monoisotopic (exact) mass is 356 g/mol. The number of hydrogen-bond donors (Lipinski definition) is 2. The second-order valence-electron chi connectivity index (χ2n) is 7.39. The van der Waals surface area contributed by atoms with E-state index in [0.29, 0.717) is 24.6 Å². The van der Waals surface area contributed by atoms with Gasteiger partial charge in [0, 0.05) is 56.4 Å². The predicted octanol–water partition coefficient (Wildman–Crippen LogP) is 1.36. The number of aryl methyl sites for hydroxylation is 1. The Labute approximate surface area is 151 Å². The predicted molar refractivity (Wildman–Crippen MR) is 94.3 cm³/mol. The number of aromatic amines is 1. The molecule has 2 amide bonds. The molecule has 0 radical (unpaired) electrons. The van der Waals surface area contributed by atoms with Gasteiger partial charge in [-0.25, -0.2) is 0 Å². The second kappa shape index (κ2) is 6.59. The van der Waals surface area contributed by atoms with Gasteiger partial charge in [0.2, 0.25) is 5.91 Å². The highest BCUT2D eigenvalue weighted by Crippen LogP contribution is 2.39. The van der Waals surface area contributed by atoms with E-state index in [9.17, 15) is 9.59 Å². The van der Waals surface area contributed by atoms with Crippen LogP contribution in [0.25, 0.3) is 0 Å². The summed E-state index contributed by atoms with van der Waals surface area (Å²) in [6.45, 7) is 0.502. The maximum absolute atomic E-state index is 12.4. The minimum atomic E-state index is -0.169. The molecule has 2 aromatic rings. The van der Waals surface area contributed by atoms with E-state index in [-0.39, 0.29) is 23.8 Å². The molecular weight excluding hydrogens is 332 g/mol. The number of nitrogens with zero attached hydrogens (tertiary/aromatic N) is 4. The molecule has 0 bridgehead atoms. The molecular formula is C18H24N6O2. The van der Waals surface area contributed by atoms with Gasteiger partial charge in [0.25, 0.3) is 5.91 Å². The van der Waals surface area contributed by atoms with Crippen molar-refractivity contribution in [1.82, 2.24) is 30.2 Å². The summed E-state index contributed by atoms with van der Waals surface area (Å²) < 4.78 is 1.74. The van der Waals surface area contributed by atoms with Gasteiger partial charge in [0.15, 0.2) is 0 Å². The standard InChI is InChI=1S/C18H24N6O2/c1-23-10-13(9-20-23)17-12(5-6-16(25)24(17)2)8-19-18(26)15-7-14(21-22-15)11-3-4-11/h7,9-12,17H,3-6,8H2,1-2H3,(H,19,26)(H,21,22)/t12-,17+/m1/s1. The highest BCUT2D eigenvalue weighted by Gasteiger charge is 2.35. The van der Waals surface area contributed by atoms with E-state index in [1.54, 1.807) is 15.8 Å². The number of rotatable bonds is 5. The van der Waals surface area contributed by atoms with Crippen molar-refractivity contribution in [3.63, 3.8) is 0 Å². The van der Waals surface area contributed by atoms with Gasteiger partial charge in [-0.1, -0.05) is 0 Å². The summed E-state index contributed by atoms with van der Waals surface area (Å²) >= 11 is 0. The third-order valence-electron chi connectivity index (χ3n) is 5.42. The number of likely N-dealkylation sites (tertiary alicyclic amines) is 1. The largest absolute Gasteiger partial charge is 0.350 e. The molecule has 2 N–H and O–H groups in total. The fraction of sp³-hybridized carbons (Fsp3) is 0.556. The van der Waals surface area contributed by atoms with Crippen LogP contribution in [0.5, 0.6) is 0 Å². The first-order valence-corrected chi connectivity index (χ1v) is 9.10. The van der Waals surface area contributed by atoms with Crippen LogP contribution >= 0.6 is 0 Å². The smallest absolute Gasteiger partial charge is 0.271 e. The minimum absolute atomic E-state index is 0.0774. The molecule has 0 spiro atoms. The van der Waals surface area contributed by atoms with Crippen LogP contribution in [0.2, 0.25) is 0 Å². The lowest BCUT2D eigenvalue weighted by Crippen LogP contribution is -2.44. The van der Waals surface area contributed by atoms with Crippen molar-refractivity contribution in [3.05, 3.63) is 35.4 Å². The molecule has 2 aliphatic rings. The Morgan fingerprint density at radius 2 is 2.15 bits per heavy atom. The van der Waals surface area contributed by atoms with E-state index in [4.69, 9.17) is 0 Å². The molecule has 1 aliphatic carbocycles. The van der Waals surface area contributed by atoms with Gasteiger partial charge >= 0.3 is 0 Å². The Balaban J connectivity index is 1.44. The molecule has 1 saturated carbocycles. The maximum atomic E-state index is 12.4. The average molecular weight is 356 g/mol. The van der Waals surface area contributed by atoms with Gasteiger partial charge in [-0.3, -0.25) is 19.4 Å². The number of piperidine rings is 1. The van der Waals surface area contributed by atoms with Crippen molar-refractivity contribution in [2.75, 3.05) is 13.6 Å². The molecule has 138 valence electrons. The van der Waals surface area contributed by atoms with E-state index in [1.807, 2.05) is 26.4 Å². The zero-order valence-corrected chi connectivity index (χ0v) is 15.1. The first-order valence-electron chi connectivity index (χ1n) is 9.10. The molecule has 2 aromatic heterocycles. The summed E-state index contributed by atoms with van der Waals surface area (Å²) in [4.78, 5) is 26.4. The van der Waals surface area contributed by atoms with Gasteiger partial charge in [0.1, 0.15) is 5.69 Å². The van der Waals surface area contributed by atoms with Crippen LogP contribution in [-0.4, -0.2) is 50.3 Å². The van der Waals surface area contributed by atoms with Crippen LogP contribution in [0.3, 0.4) is 0 Å². The fourth-order valence-corrected chi connectivity index (χ4v) is 3.79. The lowest BCUT2D eigenvalue weighted by atomic mass is 9.85. The summed E-state index contributed by atoms with van der Waals surface area (Å²) in [6.07, 6.45) is 7.31. The molecule has 8 heteroatoms. The van der Waals surface area contributed by atoms with Crippen LogP contribution in [0.4, 0.5) is 0 Å². The number of hydrogen-bond acceptors (Lipinski definition) is 4. The summed E-state index contributed by atoms with van der Waals surface area (Å²) in [5.74, 6) is 0.644. The van der Waals surface area contributed by atoms with E-state index in [0.717, 1.165) is 17.7 Å². The summed E-state index contributed by atoms with van der Waals surface area (Å²) in [5, 5.41) is 14.3. The fourth-order valence-electron chi connectivity index (χ4n) is 3.79. The third-order valence-corrected chi connectivity index (χ3v) is 5.42. The van der Waals surface area contributed by atoms with Gasteiger partial charge in [0.05, 0.1) is 12.2 Å². The number of aromatic nitrogens is 4. The molecule has 2 fully saturated rings. The summed E-state index contributed by atoms with van der Waals surface area (Å²) in [7, 11) is 3.68. The van der Waals surface area contributed by atoms with E-state index in [2.05, 4.69) is 20.6 Å². The maximum Gasteiger partial charge on any atom is 0.271 e. The highest BCUT2D eigenvalue weighted by molar-refractivity contribution is 5.92. The lowest BCUT2D eigenvalue weighted by Gasteiger charge is -2.38. The summed E-state index contributed by atoms with van der Waals surface area (Å²) in [6, 6.07) is 1.77. The van der Waals surface area contributed by atoms with Gasteiger partial charge in [-0.2, -0.15) is 10.2 Å². The van der Waals surface area contributed by atoms with Gasteiger partial charge in [-0.15, -0.1) is 0 Å². The Hall–Kier alpha value is -2.64. The normalized spacial score (nSPS) is 23.3. The topological polar surface area (TPSA) is 95.9 Å². The Morgan fingerprint density at radius 3 is 2.85 bits per heavy atom. The van der Waals surface area contributed by atoms with Crippen LogP contribution in [-0.2, 0) is 11.8 Å². The molecule has 8 nitrogen and oxygen atoms in total. The van der Waals surface area contributed by atoms with E-state index in [1.165, 1.54) is 12.8 Å². The van der Waals surface area contributed by atoms with Crippen molar-refractivity contribution >= 4 is 11.8 Å². The van der Waals surface area contributed by atoms with Crippen molar-refractivity contribution in [1.29, 1.82) is 0 Å². The molecule has 3 heterocycles. The van der Waals surface area contributed by atoms with E-state index >= 15 is 0 Å². The van der Waals surface area contributed by atoms with Crippen LogP contribution in [0.1, 0.15) is 59.4 Å². The first-order chi connectivity index (χ1) is 12.5. The average Bonchev–Trinajstić information content (AvgIpc) is 3.20. The van der Waals surface area contributed by atoms with Crippen molar-refractivity contribution in [3.8, 4) is 0 Å². The molecule has 4 rings (SSSR count). The van der Waals surface area contributed by atoms with Gasteiger partial charge in [-0.05, 0) is 25.3 Å². The zero-order chi connectivity index (χ0) is 18.3. The SMILES string of the molecule is CN1C(=O)CC[C@H](CNC(=O)c2cc(C3CC3)[nH]n2)[C@H]1c1cnn(C)c1. The number of carbonyl (C=O) groups is 2. The van der Waals surface area contributed by atoms with Gasteiger partial charge < -0.3 is 10.2 Å². The molecule has 0 aromatic carbocycles. The van der Waals surface area contributed by atoms with Crippen molar-refractivity contribution < 1.29 is 9.59 Å². The number of carbonyl (C=O) groups excluding carboxylic acids is 2. The molecule has 1 saturated heterocycles. The Morgan fingerprint density at radius 1 is 1.35 bits per heavy atom. The van der Waals surface area contributed by atoms with Crippen LogP contribution in [0.15, 0.2) is 18.5 Å². The van der Waals surface area contributed by atoms with Crippen LogP contribution in [0, 0.1) is 5.92 Å². The molecule has 26 heavy (non-hydrogen) atoms. The first kappa shape index (κ1) is 16.8. The number of amides is 2. The second-order valence-corrected chi connectivity index (χ2v) is 7.39. The van der Waals surface area contributed by atoms with E-state index < -0.39 is 0 Å². The number of H-pyrrole nitrogens is 1. The number of nitrogens with one attached hydrogen (secondary N) is 2. The minimum Gasteiger partial charge on any atom is -0.350 e. The third kappa shape index (κ3) is 3.23. The quantitative estimate of drug-likeness (QED) is 0.845. The molecule has 0 unspecified atom stereocenters. The zero-order valence-electron chi connectivity index (χ0n) is 15.1. The Bertz CT molecular complexity index is 821. The van der Waals surface area contributed by atoms with Crippen molar-refractivity contribution in [2.45, 2.75) is 37.6 Å². The Kier molecular flexibility index (Phi) is 4.26. The van der Waals surface area contributed by atoms with Crippen molar-refractivity contribution in [2.24, 2.45) is 13.0 Å².